The van der Waals surface area contributed by atoms with Crippen LogP contribution in [0.3, 0.4) is 0 Å². The first kappa shape index (κ1) is 23.3. The number of H-pyrrole nitrogens is 1. The Bertz CT molecular complexity index is 935. The van der Waals surface area contributed by atoms with E-state index in [1.54, 1.807) is 24.5 Å². The maximum atomic E-state index is 8.36. The van der Waals surface area contributed by atoms with Crippen molar-refractivity contribution in [3.8, 4) is 0 Å². The number of nitrogens with zero attached hydrogens (tertiary/aromatic N) is 2. The predicted octanol–water partition coefficient (Wildman–Crippen LogP) is 5.87. The number of hydrogen-bond donors (Lipinski definition) is 2. The molecule has 7 nitrogen and oxygen atoms in total. The third kappa shape index (κ3) is 7.38. The van der Waals surface area contributed by atoms with Gasteiger partial charge in [0.2, 0.25) is 5.06 Å². The van der Waals surface area contributed by atoms with Gasteiger partial charge in [0.05, 0.1) is 6.61 Å². The Kier molecular flexibility index (Phi) is 8.55. The van der Waals surface area contributed by atoms with E-state index in [-0.39, 0.29) is 6.61 Å². The lowest BCUT2D eigenvalue weighted by atomic mass is 10.1. The molecule has 0 amide bonds. The van der Waals surface area contributed by atoms with E-state index in [0.29, 0.717) is 27.3 Å². The zero-order chi connectivity index (χ0) is 21.4. The van der Waals surface area contributed by atoms with Gasteiger partial charge in [-0.15, -0.1) is 10.1 Å². The zero-order valence-corrected chi connectivity index (χ0v) is 17.7. The molecule has 0 saturated carbocycles. The minimum atomic E-state index is -1.50. The van der Waals surface area contributed by atoms with Gasteiger partial charge in [-0.3, -0.25) is 0 Å². The van der Waals surface area contributed by atoms with E-state index in [4.69, 9.17) is 66.5 Å². The van der Waals surface area contributed by atoms with Gasteiger partial charge in [-0.25, -0.2) is 4.98 Å². The highest BCUT2D eigenvalue weighted by Crippen LogP contribution is 2.34. The molecule has 1 aromatic heterocycles. The first-order chi connectivity index (χ1) is 13.7. The van der Waals surface area contributed by atoms with Crippen molar-refractivity contribution < 1.29 is 15.0 Å². The molecule has 154 valence electrons. The van der Waals surface area contributed by atoms with Crippen LogP contribution in [-0.4, -0.2) is 20.3 Å². The van der Waals surface area contributed by atoms with Crippen molar-refractivity contribution in [2.75, 3.05) is 0 Å². The largest absolute Gasteiger partial charge is 0.347 e. The van der Waals surface area contributed by atoms with Crippen molar-refractivity contribution >= 4 is 46.4 Å². The topological polar surface area (TPSA) is 101 Å². The fourth-order valence-electron chi connectivity index (χ4n) is 2.37. The Morgan fingerprint density at radius 1 is 1.14 bits per heavy atom. The van der Waals surface area contributed by atoms with Gasteiger partial charge < -0.3 is 14.9 Å². The maximum Gasteiger partial charge on any atom is 0.291 e. The number of halogens is 4. The highest BCUT2D eigenvalue weighted by molar-refractivity contribution is 6.35. The van der Waals surface area contributed by atoms with Crippen molar-refractivity contribution in [2.45, 2.75) is 18.1 Å². The van der Waals surface area contributed by atoms with E-state index in [2.05, 4.69) is 9.97 Å². The highest BCUT2D eigenvalue weighted by Gasteiger charge is 2.34. The number of benzene rings is 2. The van der Waals surface area contributed by atoms with Gasteiger partial charge in [-0.2, -0.15) is 0 Å². The van der Waals surface area contributed by atoms with Crippen molar-refractivity contribution in [3.63, 3.8) is 0 Å². The Hall–Kier alpha value is -2.03. The number of rotatable bonds is 6. The molecule has 2 aromatic carbocycles. The summed E-state index contributed by atoms with van der Waals surface area (Å²) in [5, 5.41) is 14.2. The number of aromatic amines is 1. The molecule has 0 fully saturated rings. The summed E-state index contributed by atoms with van der Waals surface area (Å²) in [5.41, 5.74) is 1.76. The Balaban J connectivity index is 0.000000687. The molecule has 0 bridgehead atoms. The molecule has 3 aromatic rings. The van der Waals surface area contributed by atoms with E-state index >= 15 is 0 Å². The predicted molar refractivity (Wildman–Crippen MR) is 111 cm³/mol. The van der Waals surface area contributed by atoms with Crippen LogP contribution >= 0.6 is 46.4 Å². The molecule has 0 saturated heterocycles. The first-order valence-corrected chi connectivity index (χ1v) is 9.55. The molecule has 0 radical (unpaired) electrons. The summed E-state index contributed by atoms with van der Waals surface area (Å²) in [6.45, 7) is 0.216. The van der Waals surface area contributed by atoms with Gasteiger partial charge in [0.25, 0.3) is 5.09 Å². The van der Waals surface area contributed by atoms with Gasteiger partial charge in [0.15, 0.2) is 5.82 Å². The van der Waals surface area contributed by atoms with E-state index in [1.807, 2.05) is 30.3 Å². The molecule has 0 aliphatic rings. The molecule has 1 atom stereocenters. The number of hydrogen-bond acceptors (Lipinski definition) is 4. The van der Waals surface area contributed by atoms with Crippen LogP contribution in [0.2, 0.25) is 15.1 Å². The van der Waals surface area contributed by atoms with Crippen LogP contribution in [0.25, 0.3) is 0 Å². The molecule has 29 heavy (non-hydrogen) atoms. The van der Waals surface area contributed by atoms with Crippen molar-refractivity contribution in [1.29, 1.82) is 0 Å². The summed E-state index contributed by atoms with van der Waals surface area (Å²) in [7, 11) is 0. The molecule has 0 aliphatic carbocycles. The fraction of sp³-hybridized carbons (Fsp3) is 0.167. The van der Waals surface area contributed by atoms with Crippen LogP contribution in [0.4, 0.5) is 0 Å². The molecule has 1 heterocycles. The normalized spacial score (nSPS) is 12.6. The first-order valence-electron chi connectivity index (χ1n) is 8.04. The highest BCUT2D eigenvalue weighted by atomic mass is 35.5. The minimum Gasteiger partial charge on any atom is -0.347 e. The monoisotopic (exact) mass is 477 g/mol. The van der Waals surface area contributed by atoms with Crippen molar-refractivity contribution in [3.05, 3.63) is 97.0 Å². The van der Waals surface area contributed by atoms with Gasteiger partial charge in [0.1, 0.15) is 0 Å². The summed E-state index contributed by atoms with van der Waals surface area (Å²) in [6, 6.07) is 12.7. The molecule has 3 rings (SSSR count). The minimum absolute atomic E-state index is 0.216. The number of imidazole rings is 1. The zero-order valence-electron chi connectivity index (χ0n) is 14.7. The van der Waals surface area contributed by atoms with Gasteiger partial charge in [-0.1, -0.05) is 64.6 Å². The third-order valence-electron chi connectivity index (χ3n) is 3.67. The molecule has 0 spiro atoms. The quantitative estimate of drug-likeness (QED) is 0.262. The van der Waals surface area contributed by atoms with Crippen molar-refractivity contribution in [1.82, 2.24) is 9.97 Å². The van der Waals surface area contributed by atoms with Crippen LogP contribution in [0.1, 0.15) is 17.0 Å². The average molecular weight is 479 g/mol. The lowest BCUT2D eigenvalue weighted by molar-refractivity contribution is -0.742. The second-order valence-electron chi connectivity index (χ2n) is 5.73. The molecule has 2 N–H and O–H groups in total. The number of aromatic nitrogens is 2. The standard InChI is InChI=1S/C18H14Cl4N2O.HNO3/c19-14-4-1-12(2-5-14)10-18(22,17-23-7-8-24-17)25-11-13-3-6-15(20)9-16(13)21;2-1(3)4/h1-9H,10-11H2,(H,23,24);(H,2,3,4). The van der Waals surface area contributed by atoms with E-state index in [0.717, 1.165) is 11.1 Å². The molecular weight excluding hydrogens is 464 g/mol. The third-order valence-corrected chi connectivity index (χ3v) is 4.93. The Morgan fingerprint density at radius 2 is 1.76 bits per heavy atom. The molecule has 11 heteroatoms. The second-order valence-corrected chi connectivity index (χ2v) is 7.62. The van der Waals surface area contributed by atoms with Gasteiger partial charge >= 0.3 is 0 Å². The summed E-state index contributed by atoms with van der Waals surface area (Å²) in [5.74, 6) is 0.522. The van der Waals surface area contributed by atoms with E-state index in [9.17, 15) is 0 Å². The summed E-state index contributed by atoms with van der Waals surface area (Å²) < 4.78 is 6.03. The smallest absolute Gasteiger partial charge is 0.291 e. The number of ether oxygens (including phenoxy) is 1. The number of nitrogens with one attached hydrogen (secondary N) is 1. The van der Waals surface area contributed by atoms with Crippen LogP contribution in [0.15, 0.2) is 54.9 Å². The second kappa shape index (κ2) is 10.7. The Morgan fingerprint density at radius 3 is 2.31 bits per heavy atom. The SMILES string of the molecule is Clc1ccc(CC(Cl)(OCc2ccc(Cl)cc2Cl)c2ncc[nH]2)cc1.O=[N+]([O-])O. The van der Waals surface area contributed by atoms with E-state index < -0.39 is 10.1 Å². The average Bonchev–Trinajstić information content (AvgIpc) is 3.18. The summed E-state index contributed by atoms with van der Waals surface area (Å²) >= 11 is 24.9. The summed E-state index contributed by atoms with van der Waals surface area (Å²) in [4.78, 5) is 15.6. The lowest BCUT2D eigenvalue weighted by Gasteiger charge is -2.26. The number of alkyl halides is 1. The Labute approximate surface area is 186 Å². The van der Waals surface area contributed by atoms with Gasteiger partial charge in [0, 0.05) is 33.9 Å². The maximum absolute atomic E-state index is 8.36. The van der Waals surface area contributed by atoms with E-state index in [1.165, 1.54) is 0 Å². The van der Waals surface area contributed by atoms with Gasteiger partial charge in [-0.05, 0) is 35.4 Å². The van der Waals surface area contributed by atoms with Crippen LogP contribution in [-0.2, 0) is 22.8 Å². The summed E-state index contributed by atoms with van der Waals surface area (Å²) in [6.07, 6.45) is 3.74. The van der Waals surface area contributed by atoms with Crippen LogP contribution in [0, 0.1) is 10.1 Å². The van der Waals surface area contributed by atoms with Crippen LogP contribution in [0.5, 0.6) is 0 Å². The molecule has 0 aliphatic heterocycles. The fourth-order valence-corrected chi connectivity index (χ4v) is 3.27. The van der Waals surface area contributed by atoms with Crippen molar-refractivity contribution in [2.24, 2.45) is 0 Å². The van der Waals surface area contributed by atoms with Crippen LogP contribution < -0.4 is 0 Å². The molecule has 1 unspecified atom stereocenters. The molecular formula is C18H15Cl4N3O4. The lowest BCUT2D eigenvalue weighted by Crippen LogP contribution is -2.27.